The van der Waals surface area contributed by atoms with Crippen molar-refractivity contribution in [3.8, 4) is 44.5 Å². The number of benzene rings is 4. The van der Waals surface area contributed by atoms with Gasteiger partial charge in [0.15, 0.2) is 0 Å². The van der Waals surface area contributed by atoms with Gasteiger partial charge in [-0.2, -0.15) is 0 Å². The summed E-state index contributed by atoms with van der Waals surface area (Å²) in [4.78, 5) is 18.3. The summed E-state index contributed by atoms with van der Waals surface area (Å²) < 4.78 is 0. The molecular formula is C44H30FeN4+3. The molecule has 1 radical (unpaired) electrons. The Kier molecular flexibility index (Phi) is 7.98. The largest absolute Gasteiger partial charge is 3.00 e. The number of hydrogen-bond acceptors (Lipinski definition) is 2. The average molecular weight is 671 g/mol. The van der Waals surface area contributed by atoms with E-state index < -0.39 is 0 Å². The van der Waals surface area contributed by atoms with Gasteiger partial charge in [-0.25, -0.2) is 9.97 Å². The minimum atomic E-state index is 0. The predicted molar refractivity (Wildman–Crippen MR) is 201 cm³/mol. The van der Waals surface area contributed by atoms with Crippen LogP contribution in [0.25, 0.3) is 90.9 Å². The molecule has 0 saturated carbocycles. The van der Waals surface area contributed by atoms with E-state index in [1.807, 2.05) is 18.2 Å². The molecule has 0 spiro atoms. The van der Waals surface area contributed by atoms with Crippen LogP contribution in [0.1, 0.15) is 22.8 Å². The first-order chi connectivity index (χ1) is 23.8. The van der Waals surface area contributed by atoms with Crippen LogP contribution in [0.5, 0.6) is 0 Å². The van der Waals surface area contributed by atoms with Gasteiger partial charge < -0.3 is 9.97 Å². The third kappa shape index (κ3) is 5.55. The van der Waals surface area contributed by atoms with E-state index in [2.05, 4.69) is 162 Å². The van der Waals surface area contributed by atoms with Gasteiger partial charge >= 0.3 is 17.1 Å². The van der Waals surface area contributed by atoms with Crippen LogP contribution < -0.4 is 0 Å². The summed E-state index contributed by atoms with van der Waals surface area (Å²) in [6, 6.07) is 50.7. The number of nitrogens with one attached hydrogen (secondary N) is 2. The Hall–Kier alpha value is -6.00. The standard InChI is InChI=1S/C44H30N4.Fe/c1-5-13-29(14-6-1)41-33-21-23-35(45-33)42(30-15-7-2-8-16-30)37-25-27-39(47-37)44(32-19-11-4-12-20-32)40-28-26-38(48-40)43(31-17-9-3-10-18-31)36-24-22-34(41)46-36;/h1-28,45-46H;/q;+3. The molecule has 3 aromatic heterocycles. The molecule has 2 aliphatic heterocycles. The fourth-order valence-electron chi connectivity index (χ4n) is 6.84. The molecule has 0 amide bonds. The van der Waals surface area contributed by atoms with Crippen molar-refractivity contribution in [2.24, 2.45) is 0 Å². The molecule has 2 N–H and O–H groups in total. The maximum absolute atomic E-state index is 5.33. The SMILES string of the molecule is C1=Cc2nc1c(-c1ccccc1)c1nc(c(-c3ccccc3)c3ccc([nH]3)c(-c3ccccc3)c3ccc([nH]3)c2-c2ccccc2)C=C1.[Fe+3]. The van der Waals surface area contributed by atoms with Gasteiger partial charge in [0, 0.05) is 44.3 Å². The average Bonchev–Trinajstić information content (AvgIpc) is 3.98. The second-order valence-electron chi connectivity index (χ2n) is 12.0. The molecule has 9 rings (SSSR count). The quantitative estimate of drug-likeness (QED) is 0.183. The molecule has 49 heavy (non-hydrogen) atoms. The second-order valence-corrected chi connectivity index (χ2v) is 12.0. The summed E-state index contributed by atoms with van der Waals surface area (Å²) >= 11 is 0. The van der Waals surface area contributed by atoms with Gasteiger partial charge in [0.2, 0.25) is 0 Å². The number of nitrogens with zero attached hydrogens (tertiary/aromatic N) is 2. The third-order valence-corrected chi connectivity index (χ3v) is 9.00. The van der Waals surface area contributed by atoms with Gasteiger partial charge in [-0.05, 0) is 70.8 Å². The summed E-state index contributed by atoms with van der Waals surface area (Å²) in [5.41, 5.74) is 16.2. The topological polar surface area (TPSA) is 57.4 Å². The van der Waals surface area contributed by atoms with Crippen LogP contribution in [0.2, 0.25) is 0 Å². The number of fused-ring (bicyclic) bond motifs is 8. The Morgan fingerprint density at radius 3 is 0.898 bits per heavy atom. The summed E-state index contributed by atoms with van der Waals surface area (Å²) in [7, 11) is 0. The smallest absolute Gasteiger partial charge is 0.354 e. The number of H-pyrrole nitrogens is 2. The van der Waals surface area contributed by atoms with E-state index in [1.54, 1.807) is 0 Å². The predicted octanol–water partition coefficient (Wildman–Crippen LogP) is 11.3. The molecule has 5 heteroatoms. The fourth-order valence-corrected chi connectivity index (χ4v) is 6.84. The Morgan fingerprint density at radius 1 is 0.286 bits per heavy atom. The Balaban J connectivity index is 0.00000348. The monoisotopic (exact) mass is 670 g/mol. The van der Waals surface area contributed by atoms with Crippen LogP contribution in [0.15, 0.2) is 146 Å². The van der Waals surface area contributed by atoms with E-state index in [-0.39, 0.29) is 17.1 Å². The van der Waals surface area contributed by atoms with Gasteiger partial charge in [-0.3, -0.25) is 0 Å². The Bertz CT molecular complexity index is 2390. The molecule has 0 unspecified atom stereocenters. The van der Waals surface area contributed by atoms with E-state index in [4.69, 9.17) is 9.97 Å². The van der Waals surface area contributed by atoms with E-state index in [0.29, 0.717) is 0 Å². The van der Waals surface area contributed by atoms with Crippen molar-refractivity contribution in [3.63, 3.8) is 0 Å². The van der Waals surface area contributed by atoms with E-state index in [9.17, 15) is 0 Å². The number of rotatable bonds is 4. The minimum absolute atomic E-state index is 0. The van der Waals surface area contributed by atoms with Gasteiger partial charge in [0.1, 0.15) is 0 Å². The maximum Gasteiger partial charge on any atom is 3.00 e. The zero-order chi connectivity index (χ0) is 31.9. The number of aromatic nitrogens is 4. The molecule has 8 bridgehead atoms. The molecule has 0 aliphatic carbocycles. The molecule has 231 valence electrons. The minimum Gasteiger partial charge on any atom is -0.354 e. The van der Waals surface area contributed by atoms with Crippen LogP contribution in [0.3, 0.4) is 0 Å². The van der Waals surface area contributed by atoms with Gasteiger partial charge in [-0.15, -0.1) is 0 Å². The first-order valence-corrected chi connectivity index (χ1v) is 16.2. The van der Waals surface area contributed by atoms with Crippen LogP contribution in [-0.4, -0.2) is 19.9 Å². The first-order valence-electron chi connectivity index (χ1n) is 16.2. The molecule has 4 nitrogen and oxygen atoms in total. The number of aromatic amines is 2. The van der Waals surface area contributed by atoms with Gasteiger partial charge in [0.05, 0.1) is 22.8 Å². The zero-order valence-corrected chi connectivity index (χ0v) is 27.5. The summed E-state index contributed by atoms with van der Waals surface area (Å²) in [6.45, 7) is 0. The van der Waals surface area contributed by atoms with Crippen molar-refractivity contribution < 1.29 is 17.1 Å². The van der Waals surface area contributed by atoms with Gasteiger partial charge in [0.25, 0.3) is 0 Å². The van der Waals surface area contributed by atoms with E-state index in [1.165, 1.54) is 0 Å². The third-order valence-electron chi connectivity index (χ3n) is 9.00. The fraction of sp³-hybridized carbons (Fsp3) is 0. The Labute approximate surface area is 295 Å². The van der Waals surface area contributed by atoms with Crippen LogP contribution >= 0.6 is 0 Å². The Morgan fingerprint density at radius 2 is 0.551 bits per heavy atom. The zero-order valence-electron chi connectivity index (χ0n) is 26.4. The van der Waals surface area contributed by atoms with Crippen molar-refractivity contribution in [1.82, 2.24) is 19.9 Å². The molecular weight excluding hydrogens is 640 g/mol. The molecule has 2 aliphatic rings. The van der Waals surface area contributed by atoms with Crippen molar-refractivity contribution in [3.05, 3.63) is 168 Å². The van der Waals surface area contributed by atoms with Crippen molar-refractivity contribution in [1.29, 1.82) is 0 Å². The summed E-state index contributed by atoms with van der Waals surface area (Å²) in [5, 5.41) is 0. The molecule has 4 aromatic carbocycles. The van der Waals surface area contributed by atoms with Crippen molar-refractivity contribution in [2.45, 2.75) is 0 Å². The van der Waals surface area contributed by atoms with Crippen LogP contribution in [0, 0.1) is 0 Å². The van der Waals surface area contributed by atoms with Crippen molar-refractivity contribution in [2.75, 3.05) is 0 Å². The van der Waals surface area contributed by atoms with Crippen molar-refractivity contribution >= 4 is 46.4 Å². The van der Waals surface area contributed by atoms with Crippen LogP contribution in [0.4, 0.5) is 0 Å². The summed E-state index contributed by atoms with van der Waals surface area (Å²) in [6.07, 6.45) is 8.50. The second kappa shape index (κ2) is 12.9. The van der Waals surface area contributed by atoms with E-state index in [0.717, 1.165) is 89.4 Å². The normalized spacial score (nSPS) is 11.8. The molecule has 5 heterocycles. The molecule has 7 aromatic rings. The number of hydrogen-bond donors (Lipinski definition) is 2. The maximum atomic E-state index is 5.33. The molecule has 0 fully saturated rings. The molecule has 0 saturated heterocycles. The molecule has 0 atom stereocenters. The first kappa shape index (κ1) is 30.3. The van der Waals surface area contributed by atoms with E-state index >= 15 is 0 Å². The van der Waals surface area contributed by atoms with Gasteiger partial charge in [-0.1, -0.05) is 121 Å². The summed E-state index contributed by atoms with van der Waals surface area (Å²) in [5.74, 6) is 0. The van der Waals surface area contributed by atoms with Crippen LogP contribution in [-0.2, 0) is 17.1 Å².